The van der Waals surface area contributed by atoms with Crippen molar-refractivity contribution in [2.45, 2.75) is 36.9 Å². The van der Waals surface area contributed by atoms with E-state index in [1.165, 1.54) is 25.5 Å². The fourth-order valence-electron chi connectivity index (χ4n) is 1.91. The van der Waals surface area contributed by atoms with E-state index in [9.17, 15) is 8.42 Å². The first kappa shape index (κ1) is 11.5. The summed E-state index contributed by atoms with van der Waals surface area (Å²) < 4.78 is 21.7. The van der Waals surface area contributed by atoms with E-state index in [-0.39, 0.29) is 0 Å². The summed E-state index contributed by atoms with van der Waals surface area (Å²) in [5, 5.41) is 0. The molecule has 4 heteroatoms. The van der Waals surface area contributed by atoms with E-state index in [4.69, 9.17) is 0 Å². The van der Waals surface area contributed by atoms with Gasteiger partial charge in [0.2, 0.25) is 0 Å². The Morgan fingerprint density at radius 3 is 2.54 bits per heavy atom. The second-order valence-corrected chi connectivity index (χ2v) is 7.60. The summed E-state index contributed by atoms with van der Waals surface area (Å²) in [6.45, 7) is 0. The lowest BCUT2D eigenvalue weighted by Crippen LogP contribution is -2.05. The summed E-state index contributed by atoms with van der Waals surface area (Å²) in [5.74, 6) is 1.11. The molecule has 0 saturated heterocycles. The molecule has 0 radical (unpaired) electrons. The molecule has 0 aromatic rings. The second kappa shape index (κ2) is 4.78. The van der Waals surface area contributed by atoms with Gasteiger partial charge < -0.3 is 0 Å². The molecule has 0 aromatic heterocycles. The van der Waals surface area contributed by atoms with E-state index in [1.54, 1.807) is 0 Å². The minimum atomic E-state index is -2.74. The second-order valence-electron chi connectivity index (χ2n) is 4.05. The molecular weight excluding hydrogens is 252 g/mol. The summed E-state index contributed by atoms with van der Waals surface area (Å²) >= 11 is 3.59. The lowest BCUT2D eigenvalue weighted by molar-refractivity contribution is 0.496. The van der Waals surface area contributed by atoms with E-state index < -0.39 is 9.84 Å². The first-order chi connectivity index (χ1) is 5.97. The Labute approximate surface area is 89.1 Å². The minimum Gasteiger partial charge on any atom is -0.229 e. The van der Waals surface area contributed by atoms with Crippen molar-refractivity contribution < 1.29 is 8.42 Å². The Morgan fingerprint density at radius 2 is 2.08 bits per heavy atom. The number of hydrogen-bond donors (Lipinski definition) is 0. The highest BCUT2D eigenvalue weighted by molar-refractivity contribution is 9.09. The van der Waals surface area contributed by atoms with Crippen molar-refractivity contribution in [1.82, 2.24) is 0 Å². The molecule has 1 aliphatic rings. The van der Waals surface area contributed by atoms with Crippen molar-refractivity contribution in [3.63, 3.8) is 0 Å². The van der Waals surface area contributed by atoms with Gasteiger partial charge in [-0.15, -0.1) is 0 Å². The maximum absolute atomic E-state index is 10.9. The lowest BCUT2D eigenvalue weighted by Gasteiger charge is -2.07. The molecule has 0 bridgehead atoms. The van der Waals surface area contributed by atoms with Crippen molar-refractivity contribution in [3.05, 3.63) is 0 Å². The van der Waals surface area contributed by atoms with Crippen LogP contribution < -0.4 is 0 Å². The molecule has 0 amide bonds. The van der Waals surface area contributed by atoms with Crippen molar-refractivity contribution in [3.8, 4) is 0 Å². The smallest absolute Gasteiger partial charge is 0.147 e. The van der Waals surface area contributed by atoms with Crippen LogP contribution >= 0.6 is 15.9 Å². The van der Waals surface area contributed by atoms with Crippen LogP contribution in [0.5, 0.6) is 0 Å². The van der Waals surface area contributed by atoms with Gasteiger partial charge in [0.25, 0.3) is 0 Å². The molecule has 78 valence electrons. The third kappa shape index (κ3) is 5.01. The van der Waals surface area contributed by atoms with Gasteiger partial charge in [-0.1, -0.05) is 15.9 Å². The van der Waals surface area contributed by atoms with Crippen molar-refractivity contribution in [2.75, 3.05) is 12.0 Å². The van der Waals surface area contributed by atoms with Crippen LogP contribution in [0.2, 0.25) is 0 Å². The van der Waals surface area contributed by atoms with Gasteiger partial charge in [-0.2, -0.15) is 0 Å². The van der Waals surface area contributed by atoms with Crippen LogP contribution in [-0.4, -0.2) is 25.3 Å². The van der Waals surface area contributed by atoms with Gasteiger partial charge in [-0.25, -0.2) is 8.42 Å². The number of hydrogen-bond acceptors (Lipinski definition) is 2. The highest BCUT2D eigenvalue weighted by Crippen LogP contribution is 2.33. The van der Waals surface area contributed by atoms with Gasteiger partial charge in [0.1, 0.15) is 9.84 Å². The zero-order chi connectivity index (χ0) is 9.90. The van der Waals surface area contributed by atoms with Gasteiger partial charge in [0, 0.05) is 16.8 Å². The number of alkyl halides is 1. The average Bonchev–Trinajstić information content (AvgIpc) is 2.33. The Balaban J connectivity index is 2.14. The van der Waals surface area contributed by atoms with E-state index in [0.29, 0.717) is 10.6 Å². The molecule has 1 saturated carbocycles. The van der Waals surface area contributed by atoms with E-state index in [2.05, 4.69) is 15.9 Å². The number of sulfone groups is 1. The van der Waals surface area contributed by atoms with Crippen molar-refractivity contribution in [1.29, 1.82) is 0 Å². The molecule has 2 unspecified atom stereocenters. The summed E-state index contributed by atoms with van der Waals surface area (Å²) in [7, 11) is -2.74. The van der Waals surface area contributed by atoms with Crippen molar-refractivity contribution >= 4 is 25.8 Å². The Bertz CT molecular complexity index is 248. The molecule has 1 fully saturated rings. The highest BCUT2D eigenvalue weighted by Gasteiger charge is 2.22. The zero-order valence-electron chi connectivity index (χ0n) is 8.00. The minimum absolute atomic E-state index is 0.358. The molecule has 2 atom stereocenters. The molecule has 0 spiro atoms. The topological polar surface area (TPSA) is 34.1 Å². The fourth-order valence-corrected chi connectivity index (χ4v) is 3.39. The van der Waals surface area contributed by atoms with Crippen LogP contribution in [0.4, 0.5) is 0 Å². The van der Waals surface area contributed by atoms with Crippen molar-refractivity contribution in [2.24, 2.45) is 5.92 Å². The van der Waals surface area contributed by atoms with Crippen LogP contribution in [0.15, 0.2) is 0 Å². The molecule has 0 aliphatic heterocycles. The van der Waals surface area contributed by atoms with Crippen LogP contribution in [-0.2, 0) is 9.84 Å². The maximum atomic E-state index is 10.9. The number of rotatable bonds is 4. The van der Waals surface area contributed by atoms with Crippen LogP contribution in [0, 0.1) is 5.92 Å². The van der Waals surface area contributed by atoms with Gasteiger partial charge >= 0.3 is 0 Å². The quantitative estimate of drug-likeness (QED) is 0.734. The monoisotopic (exact) mass is 268 g/mol. The molecule has 13 heavy (non-hydrogen) atoms. The first-order valence-electron chi connectivity index (χ1n) is 4.79. The third-order valence-corrected chi connectivity index (χ3v) is 4.47. The molecular formula is C9H17BrO2S. The highest BCUT2D eigenvalue weighted by atomic mass is 79.9. The van der Waals surface area contributed by atoms with E-state index >= 15 is 0 Å². The summed E-state index contributed by atoms with van der Waals surface area (Å²) in [6, 6.07) is 0. The molecule has 0 heterocycles. The normalized spacial score (nSPS) is 29.4. The lowest BCUT2D eigenvalue weighted by atomic mass is 10.0. The zero-order valence-corrected chi connectivity index (χ0v) is 10.4. The molecule has 1 aliphatic carbocycles. The molecule has 2 nitrogen and oxygen atoms in total. The first-order valence-corrected chi connectivity index (χ1v) is 7.77. The Morgan fingerprint density at radius 1 is 1.38 bits per heavy atom. The molecule has 1 rings (SSSR count). The molecule has 0 aromatic carbocycles. The number of halogens is 1. The summed E-state index contributed by atoms with van der Waals surface area (Å²) in [4.78, 5) is 0.677. The van der Waals surface area contributed by atoms with Crippen LogP contribution in [0.1, 0.15) is 32.1 Å². The van der Waals surface area contributed by atoms with Gasteiger partial charge in [-0.3, -0.25) is 0 Å². The fraction of sp³-hybridized carbons (Fsp3) is 1.00. The Kier molecular flexibility index (Phi) is 4.23. The summed E-state index contributed by atoms with van der Waals surface area (Å²) in [6.07, 6.45) is 6.97. The van der Waals surface area contributed by atoms with Gasteiger partial charge in [-0.05, 0) is 38.0 Å². The standard InChI is InChI=1S/C9H17BrO2S/c1-13(11,12)6-2-3-8-4-5-9(10)7-8/h8-9H,2-7H2,1H3. The molecule has 0 N–H and O–H groups in total. The van der Waals surface area contributed by atoms with E-state index in [1.807, 2.05) is 0 Å². The maximum Gasteiger partial charge on any atom is 0.147 e. The van der Waals surface area contributed by atoms with E-state index in [0.717, 1.165) is 18.8 Å². The predicted molar refractivity (Wildman–Crippen MR) is 59.0 cm³/mol. The Hall–Kier alpha value is 0.430. The predicted octanol–water partition coefficient (Wildman–Crippen LogP) is 2.37. The average molecular weight is 269 g/mol. The third-order valence-electron chi connectivity index (χ3n) is 2.60. The van der Waals surface area contributed by atoms with Crippen LogP contribution in [0.25, 0.3) is 0 Å². The SMILES string of the molecule is CS(=O)(=O)CCCC1CCC(Br)C1. The van der Waals surface area contributed by atoms with Crippen LogP contribution in [0.3, 0.4) is 0 Å². The van der Waals surface area contributed by atoms with Gasteiger partial charge in [0.15, 0.2) is 0 Å². The summed E-state index contributed by atoms with van der Waals surface area (Å²) in [5.41, 5.74) is 0. The largest absolute Gasteiger partial charge is 0.229 e. The van der Waals surface area contributed by atoms with Gasteiger partial charge in [0.05, 0.1) is 0 Å².